The van der Waals surface area contributed by atoms with Gasteiger partial charge in [0.2, 0.25) is 0 Å². The highest BCUT2D eigenvalue weighted by Gasteiger charge is 2.17. The van der Waals surface area contributed by atoms with Crippen molar-refractivity contribution in [1.82, 2.24) is 10.3 Å². The molecule has 0 aromatic carbocycles. The topological polar surface area (TPSA) is 89.3 Å². The number of amides is 1. The minimum Gasteiger partial charge on any atom is -0.383 e. The van der Waals surface area contributed by atoms with Crippen molar-refractivity contribution in [2.24, 2.45) is 0 Å². The summed E-state index contributed by atoms with van der Waals surface area (Å²) in [5.74, 6) is 0.113. The molecule has 0 bridgehead atoms. The Hall–Kier alpha value is -1.34. The molecule has 1 atom stereocenters. The van der Waals surface area contributed by atoms with E-state index in [0.717, 1.165) is 12.8 Å². The maximum atomic E-state index is 12.0. The van der Waals surface area contributed by atoms with E-state index in [1.165, 1.54) is 11.3 Å². The molecule has 1 heterocycles. The van der Waals surface area contributed by atoms with Gasteiger partial charge in [0.05, 0.1) is 6.61 Å². The molecule has 1 aromatic heterocycles. The Morgan fingerprint density at radius 1 is 1.58 bits per heavy atom. The van der Waals surface area contributed by atoms with Gasteiger partial charge in [-0.05, 0) is 13.3 Å². The van der Waals surface area contributed by atoms with E-state index in [4.69, 9.17) is 10.5 Å². The van der Waals surface area contributed by atoms with E-state index in [1.807, 2.05) is 6.92 Å². The zero-order valence-corrected chi connectivity index (χ0v) is 12.5. The Balaban J connectivity index is 2.59. The van der Waals surface area contributed by atoms with Crippen LogP contribution >= 0.6 is 11.3 Å². The predicted molar refractivity (Wildman–Crippen MR) is 78.7 cm³/mol. The average molecular weight is 286 g/mol. The minimum atomic E-state index is -0.157. The van der Waals surface area contributed by atoms with Gasteiger partial charge in [-0.3, -0.25) is 4.79 Å². The second-order valence-corrected chi connectivity index (χ2v) is 5.32. The third-order valence-electron chi connectivity index (χ3n) is 2.54. The zero-order valence-electron chi connectivity index (χ0n) is 11.7. The first-order chi connectivity index (χ1) is 9.08. The predicted octanol–water partition coefficient (Wildman–Crippen LogP) is 1.70. The number of aromatic nitrogens is 1. The van der Waals surface area contributed by atoms with E-state index >= 15 is 0 Å². The number of nitrogens with one attached hydrogen (secondary N) is 2. The first-order valence-corrected chi connectivity index (χ1v) is 7.20. The molecule has 108 valence electrons. The van der Waals surface area contributed by atoms with E-state index in [9.17, 15) is 4.79 Å². The minimum absolute atomic E-state index is 0.143. The van der Waals surface area contributed by atoms with Gasteiger partial charge in [-0.15, -0.1) is 0 Å². The van der Waals surface area contributed by atoms with Crippen LogP contribution in [-0.4, -0.2) is 37.2 Å². The van der Waals surface area contributed by atoms with Crippen molar-refractivity contribution >= 4 is 28.2 Å². The highest BCUT2D eigenvalue weighted by Crippen LogP contribution is 2.24. The Morgan fingerprint density at radius 3 is 2.95 bits per heavy atom. The number of nitrogens with two attached hydrogens (primary N) is 1. The highest BCUT2D eigenvalue weighted by molar-refractivity contribution is 7.18. The van der Waals surface area contributed by atoms with Crippen LogP contribution in [0.2, 0.25) is 0 Å². The summed E-state index contributed by atoms with van der Waals surface area (Å²) < 4.78 is 4.93. The van der Waals surface area contributed by atoms with E-state index in [1.54, 1.807) is 7.11 Å². The van der Waals surface area contributed by atoms with Crippen LogP contribution in [0.15, 0.2) is 0 Å². The largest absolute Gasteiger partial charge is 0.383 e. The molecule has 1 rings (SSSR count). The monoisotopic (exact) mass is 286 g/mol. The molecule has 0 aliphatic heterocycles. The lowest BCUT2D eigenvalue weighted by molar-refractivity contribution is 0.0943. The fourth-order valence-electron chi connectivity index (χ4n) is 1.62. The Bertz CT molecular complexity index is 408. The van der Waals surface area contributed by atoms with Gasteiger partial charge < -0.3 is 21.1 Å². The SMILES string of the molecule is CCCC(C)NC(=O)c1sc(NCCOC)nc1N. The lowest BCUT2D eigenvalue weighted by Gasteiger charge is -2.11. The lowest BCUT2D eigenvalue weighted by Crippen LogP contribution is -2.32. The number of rotatable bonds is 8. The third kappa shape index (κ3) is 5.04. The fourth-order valence-corrected chi connectivity index (χ4v) is 2.44. The summed E-state index contributed by atoms with van der Waals surface area (Å²) in [4.78, 5) is 16.6. The van der Waals surface area contributed by atoms with Gasteiger partial charge in [0.1, 0.15) is 10.7 Å². The molecular weight excluding hydrogens is 264 g/mol. The number of ether oxygens (including phenoxy) is 1. The molecule has 1 amide bonds. The number of carbonyl (C=O) groups is 1. The average Bonchev–Trinajstić information content (AvgIpc) is 2.71. The summed E-state index contributed by atoms with van der Waals surface area (Å²) in [7, 11) is 1.63. The summed E-state index contributed by atoms with van der Waals surface area (Å²) in [5, 5.41) is 6.62. The number of carbonyl (C=O) groups excluding carboxylic acids is 1. The summed E-state index contributed by atoms with van der Waals surface area (Å²) in [5.41, 5.74) is 5.76. The van der Waals surface area contributed by atoms with Gasteiger partial charge in [0.25, 0.3) is 5.91 Å². The Morgan fingerprint density at radius 2 is 2.32 bits per heavy atom. The van der Waals surface area contributed by atoms with Gasteiger partial charge >= 0.3 is 0 Å². The van der Waals surface area contributed by atoms with Crippen molar-refractivity contribution in [2.45, 2.75) is 32.7 Å². The Kier molecular flexibility index (Phi) is 6.58. The number of nitrogen functional groups attached to an aromatic ring is 1. The van der Waals surface area contributed by atoms with E-state index in [2.05, 4.69) is 22.5 Å². The molecule has 0 fully saturated rings. The van der Waals surface area contributed by atoms with Gasteiger partial charge in [-0.2, -0.15) is 0 Å². The molecule has 6 nitrogen and oxygen atoms in total. The number of thiazole rings is 1. The van der Waals surface area contributed by atoms with Crippen LogP contribution in [0.25, 0.3) is 0 Å². The van der Waals surface area contributed by atoms with Crippen LogP contribution in [-0.2, 0) is 4.74 Å². The lowest BCUT2D eigenvalue weighted by atomic mass is 10.2. The number of anilines is 2. The first-order valence-electron chi connectivity index (χ1n) is 6.38. The fraction of sp³-hybridized carbons (Fsp3) is 0.667. The van der Waals surface area contributed by atoms with Crippen LogP contribution in [0.3, 0.4) is 0 Å². The van der Waals surface area contributed by atoms with Gasteiger partial charge in [-0.25, -0.2) is 4.98 Å². The molecular formula is C12H22N4O2S. The first kappa shape index (κ1) is 15.7. The van der Waals surface area contributed by atoms with Crippen molar-refractivity contribution in [3.05, 3.63) is 4.88 Å². The van der Waals surface area contributed by atoms with Gasteiger partial charge in [-0.1, -0.05) is 24.7 Å². The normalized spacial score (nSPS) is 12.2. The van der Waals surface area contributed by atoms with E-state index in [0.29, 0.717) is 23.2 Å². The molecule has 1 aromatic rings. The van der Waals surface area contributed by atoms with Crippen molar-refractivity contribution in [3.8, 4) is 0 Å². The molecule has 0 spiro atoms. The van der Waals surface area contributed by atoms with Crippen molar-refractivity contribution in [3.63, 3.8) is 0 Å². The number of hydrogen-bond acceptors (Lipinski definition) is 6. The highest BCUT2D eigenvalue weighted by atomic mass is 32.1. The molecule has 0 saturated heterocycles. The van der Waals surface area contributed by atoms with Gasteiger partial charge in [0, 0.05) is 19.7 Å². The van der Waals surface area contributed by atoms with Crippen molar-refractivity contribution in [2.75, 3.05) is 31.3 Å². The second-order valence-electron chi connectivity index (χ2n) is 4.32. The molecule has 7 heteroatoms. The maximum absolute atomic E-state index is 12.0. The van der Waals surface area contributed by atoms with Crippen LogP contribution < -0.4 is 16.4 Å². The quantitative estimate of drug-likeness (QED) is 0.633. The van der Waals surface area contributed by atoms with Crippen LogP contribution in [0.5, 0.6) is 0 Å². The van der Waals surface area contributed by atoms with Crippen LogP contribution in [0, 0.1) is 0 Å². The summed E-state index contributed by atoms with van der Waals surface area (Å²) >= 11 is 1.26. The number of nitrogens with zero attached hydrogens (tertiary/aromatic N) is 1. The standard InChI is InChI=1S/C12H22N4O2S/c1-4-5-8(2)15-11(17)9-10(13)16-12(19-9)14-6-7-18-3/h8H,4-7,13H2,1-3H3,(H,14,16)(H,15,17). The zero-order chi connectivity index (χ0) is 14.3. The summed E-state index contributed by atoms with van der Waals surface area (Å²) in [6, 6.07) is 0.143. The van der Waals surface area contributed by atoms with E-state index in [-0.39, 0.29) is 17.8 Å². The molecule has 1 unspecified atom stereocenters. The molecule has 0 saturated carbocycles. The van der Waals surface area contributed by atoms with Crippen LogP contribution in [0.4, 0.5) is 10.9 Å². The second kappa shape index (κ2) is 7.96. The number of methoxy groups -OCH3 is 1. The summed E-state index contributed by atoms with van der Waals surface area (Å²) in [6.45, 7) is 5.28. The molecule has 0 aliphatic carbocycles. The molecule has 19 heavy (non-hydrogen) atoms. The van der Waals surface area contributed by atoms with Crippen LogP contribution in [0.1, 0.15) is 36.4 Å². The smallest absolute Gasteiger partial charge is 0.265 e. The molecule has 0 aliphatic rings. The Labute approximate surface area is 117 Å². The molecule has 4 N–H and O–H groups in total. The summed E-state index contributed by atoms with van der Waals surface area (Å²) in [6.07, 6.45) is 1.98. The van der Waals surface area contributed by atoms with Crippen molar-refractivity contribution < 1.29 is 9.53 Å². The number of hydrogen-bond donors (Lipinski definition) is 3. The van der Waals surface area contributed by atoms with Crippen molar-refractivity contribution in [1.29, 1.82) is 0 Å². The maximum Gasteiger partial charge on any atom is 0.265 e. The third-order valence-corrected chi connectivity index (χ3v) is 3.57. The van der Waals surface area contributed by atoms with E-state index < -0.39 is 0 Å². The van der Waals surface area contributed by atoms with Gasteiger partial charge in [0.15, 0.2) is 5.13 Å². The molecule has 0 radical (unpaired) electrons.